The van der Waals surface area contributed by atoms with Crippen LogP contribution in [0.2, 0.25) is 0 Å². The summed E-state index contributed by atoms with van der Waals surface area (Å²) >= 11 is 1.70. The SMILES string of the molecule is Cc1ccc(SC=CC(=Nc2ccccc2)c2ccc(C)cc2)cc1. The third-order valence-electron chi connectivity index (χ3n) is 3.80. The monoisotopic (exact) mass is 343 g/mol. The average Bonchev–Trinajstić information content (AvgIpc) is 2.64. The lowest BCUT2D eigenvalue weighted by atomic mass is 10.1. The Morgan fingerprint density at radius 2 is 1.36 bits per heavy atom. The van der Waals surface area contributed by atoms with E-state index in [9.17, 15) is 0 Å². The maximum Gasteiger partial charge on any atom is 0.0714 e. The van der Waals surface area contributed by atoms with Gasteiger partial charge in [0.1, 0.15) is 0 Å². The van der Waals surface area contributed by atoms with Crippen molar-refractivity contribution in [2.24, 2.45) is 4.99 Å². The number of aryl methyl sites for hydroxylation is 2. The summed E-state index contributed by atoms with van der Waals surface area (Å²) in [6, 6.07) is 27.1. The van der Waals surface area contributed by atoms with Crippen LogP contribution in [0.5, 0.6) is 0 Å². The van der Waals surface area contributed by atoms with Crippen LogP contribution in [0.25, 0.3) is 0 Å². The molecular weight excluding hydrogens is 322 g/mol. The van der Waals surface area contributed by atoms with Crippen molar-refractivity contribution in [1.29, 1.82) is 0 Å². The smallest absolute Gasteiger partial charge is 0.0714 e. The molecule has 0 spiro atoms. The minimum absolute atomic E-state index is 0.961. The molecule has 0 radical (unpaired) electrons. The number of hydrogen-bond donors (Lipinski definition) is 0. The van der Waals surface area contributed by atoms with Gasteiger partial charge in [0, 0.05) is 10.5 Å². The zero-order valence-corrected chi connectivity index (χ0v) is 15.3. The molecule has 0 aliphatic carbocycles. The highest BCUT2D eigenvalue weighted by Gasteiger charge is 2.01. The molecule has 0 saturated carbocycles. The van der Waals surface area contributed by atoms with Crippen LogP contribution in [0.1, 0.15) is 16.7 Å². The fraction of sp³-hybridized carbons (Fsp3) is 0.0870. The first-order valence-electron chi connectivity index (χ1n) is 8.31. The summed E-state index contributed by atoms with van der Waals surface area (Å²) in [5.74, 6) is 0. The van der Waals surface area contributed by atoms with Gasteiger partial charge in [-0.2, -0.15) is 0 Å². The first-order valence-corrected chi connectivity index (χ1v) is 9.19. The van der Waals surface area contributed by atoms with Crippen molar-refractivity contribution < 1.29 is 0 Å². The van der Waals surface area contributed by atoms with Crippen molar-refractivity contribution in [1.82, 2.24) is 0 Å². The molecule has 3 rings (SSSR count). The van der Waals surface area contributed by atoms with Gasteiger partial charge in [0.2, 0.25) is 0 Å². The Morgan fingerprint density at radius 1 is 0.760 bits per heavy atom. The number of thioether (sulfide) groups is 1. The second kappa shape index (κ2) is 8.50. The van der Waals surface area contributed by atoms with Crippen LogP contribution >= 0.6 is 11.8 Å². The molecule has 0 bridgehead atoms. The number of aliphatic imine (C=N–C) groups is 1. The second-order valence-corrected chi connectivity index (χ2v) is 6.91. The Balaban J connectivity index is 1.85. The molecule has 0 aromatic heterocycles. The van der Waals surface area contributed by atoms with Crippen molar-refractivity contribution in [2.45, 2.75) is 18.7 Å². The molecule has 25 heavy (non-hydrogen) atoms. The largest absolute Gasteiger partial charge is 0.248 e. The Bertz CT molecular complexity index is 860. The van der Waals surface area contributed by atoms with E-state index in [2.05, 4.69) is 73.9 Å². The van der Waals surface area contributed by atoms with Gasteiger partial charge < -0.3 is 0 Å². The Labute approximate surface area is 154 Å². The molecule has 0 amide bonds. The van der Waals surface area contributed by atoms with Gasteiger partial charge in [-0.3, -0.25) is 0 Å². The minimum atomic E-state index is 0.961. The summed E-state index contributed by atoms with van der Waals surface area (Å²) in [6.45, 7) is 4.20. The minimum Gasteiger partial charge on any atom is -0.248 e. The van der Waals surface area contributed by atoms with Crippen molar-refractivity contribution in [3.05, 3.63) is 107 Å². The predicted molar refractivity (Wildman–Crippen MR) is 110 cm³/mol. The first-order chi connectivity index (χ1) is 12.2. The quantitative estimate of drug-likeness (QED) is 0.369. The fourth-order valence-corrected chi connectivity index (χ4v) is 3.01. The molecule has 1 nitrogen and oxygen atoms in total. The van der Waals surface area contributed by atoms with Gasteiger partial charge >= 0.3 is 0 Å². The summed E-state index contributed by atoms with van der Waals surface area (Å²) < 4.78 is 0. The highest BCUT2D eigenvalue weighted by Crippen LogP contribution is 2.21. The summed E-state index contributed by atoms with van der Waals surface area (Å²) in [5.41, 5.74) is 5.57. The molecule has 0 aliphatic heterocycles. The van der Waals surface area contributed by atoms with Crippen LogP contribution in [0.15, 0.2) is 100 Å². The Kier molecular flexibility index (Phi) is 5.86. The van der Waals surface area contributed by atoms with E-state index in [0.29, 0.717) is 0 Å². The maximum absolute atomic E-state index is 4.82. The lowest BCUT2D eigenvalue weighted by Crippen LogP contribution is -1.96. The molecule has 0 heterocycles. The third-order valence-corrected chi connectivity index (χ3v) is 4.62. The van der Waals surface area contributed by atoms with E-state index in [1.54, 1.807) is 11.8 Å². The highest BCUT2D eigenvalue weighted by molar-refractivity contribution is 8.02. The van der Waals surface area contributed by atoms with E-state index < -0.39 is 0 Å². The van der Waals surface area contributed by atoms with Crippen LogP contribution in [0.4, 0.5) is 5.69 Å². The molecule has 2 heteroatoms. The lowest BCUT2D eigenvalue weighted by Gasteiger charge is -2.04. The predicted octanol–water partition coefficient (Wildman–Crippen LogP) is 6.73. The van der Waals surface area contributed by atoms with Crippen molar-refractivity contribution in [3.8, 4) is 0 Å². The van der Waals surface area contributed by atoms with Gasteiger partial charge in [0.25, 0.3) is 0 Å². The summed E-state index contributed by atoms with van der Waals surface area (Å²) in [7, 11) is 0. The molecule has 0 unspecified atom stereocenters. The van der Waals surface area contributed by atoms with E-state index in [-0.39, 0.29) is 0 Å². The average molecular weight is 343 g/mol. The van der Waals surface area contributed by atoms with Gasteiger partial charge in [-0.25, -0.2) is 4.99 Å². The Hall–Kier alpha value is -2.58. The number of hydrogen-bond acceptors (Lipinski definition) is 2. The van der Waals surface area contributed by atoms with E-state index in [4.69, 9.17) is 4.99 Å². The van der Waals surface area contributed by atoms with Crippen LogP contribution in [0, 0.1) is 13.8 Å². The van der Waals surface area contributed by atoms with Gasteiger partial charge in [-0.1, -0.05) is 77.5 Å². The highest BCUT2D eigenvalue weighted by atomic mass is 32.2. The third kappa shape index (κ3) is 5.20. The number of nitrogens with zero attached hydrogens (tertiary/aromatic N) is 1. The standard InChI is InChI=1S/C23H21NS/c1-18-8-12-20(13-9-18)23(24-21-6-4-3-5-7-21)16-17-25-22-14-10-19(2)11-15-22/h3-17H,1-2H3. The van der Waals surface area contributed by atoms with Crippen molar-refractivity contribution in [2.75, 3.05) is 0 Å². The van der Waals surface area contributed by atoms with E-state index in [1.807, 2.05) is 30.3 Å². The molecule has 0 N–H and O–H groups in total. The molecule has 124 valence electrons. The van der Waals surface area contributed by atoms with Crippen molar-refractivity contribution >= 4 is 23.2 Å². The maximum atomic E-state index is 4.82. The molecular formula is C23H21NS. The fourth-order valence-electron chi connectivity index (χ4n) is 2.36. The van der Waals surface area contributed by atoms with Gasteiger partial charge in [-0.05, 0) is 49.6 Å². The van der Waals surface area contributed by atoms with Crippen molar-refractivity contribution in [3.63, 3.8) is 0 Å². The number of allylic oxidation sites excluding steroid dienone is 1. The van der Waals surface area contributed by atoms with E-state index in [1.165, 1.54) is 16.0 Å². The summed E-state index contributed by atoms with van der Waals surface area (Å²) in [6.07, 6.45) is 2.09. The number of para-hydroxylation sites is 1. The first kappa shape index (κ1) is 17.2. The zero-order valence-electron chi connectivity index (χ0n) is 14.5. The second-order valence-electron chi connectivity index (χ2n) is 5.93. The lowest BCUT2D eigenvalue weighted by molar-refractivity contribution is 1.38. The Morgan fingerprint density at radius 3 is 2.00 bits per heavy atom. The van der Waals surface area contributed by atoms with Crippen LogP contribution in [-0.4, -0.2) is 5.71 Å². The number of rotatable bonds is 5. The van der Waals surface area contributed by atoms with Crippen LogP contribution < -0.4 is 0 Å². The molecule has 0 fully saturated rings. The molecule has 0 saturated heterocycles. The van der Waals surface area contributed by atoms with Gasteiger partial charge in [-0.15, -0.1) is 0 Å². The number of benzene rings is 3. The van der Waals surface area contributed by atoms with E-state index in [0.717, 1.165) is 17.0 Å². The topological polar surface area (TPSA) is 12.4 Å². The van der Waals surface area contributed by atoms with Gasteiger partial charge in [0.05, 0.1) is 11.4 Å². The van der Waals surface area contributed by atoms with Crippen LogP contribution in [0.3, 0.4) is 0 Å². The summed E-state index contributed by atoms with van der Waals surface area (Å²) in [4.78, 5) is 6.05. The summed E-state index contributed by atoms with van der Waals surface area (Å²) in [5, 5.41) is 2.10. The van der Waals surface area contributed by atoms with Crippen LogP contribution in [-0.2, 0) is 0 Å². The molecule has 0 aliphatic rings. The molecule has 3 aromatic carbocycles. The zero-order chi connectivity index (χ0) is 17.5. The molecule has 3 aromatic rings. The van der Waals surface area contributed by atoms with E-state index >= 15 is 0 Å². The molecule has 0 atom stereocenters. The van der Waals surface area contributed by atoms with Gasteiger partial charge in [0.15, 0.2) is 0 Å². The normalized spacial score (nSPS) is 11.8.